The van der Waals surface area contributed by atoms with Gasteiger partial charge in [0.15, 0.2) is 0 Å². The van der Waals surface area contributed by atoms with Crippen molar-refractivity contribution in [3.8, 4) is 0 Å². The van der Waals surface area contributed by atoms with Crippen LogP contribution < -0.4 is 0 Å². The molecule has 1 aliphatic heterocycles. The Morgan fingerprint density at radius 3 is 2.62 bits per heavy atom. The third kappa shape index (κ3) is 2.45. The van der Waals surface area contributed by atoms with E-state index in [1.165, 1.54) is 6.20 Å². The summed E-state index contributed by atoms with van der Waals surface area (Å²) >= 11 is 0. The van der Waals surface area contributed by atoms with E-state index in [-0.39, 0.29) is 11.5 Å². The van der Waals surface area contributed by atoms with Gasteiger partial charge in [0.25, 0.3) is 0 Å². The van der Waals surface area contributed by atoms with E-state index < -0.39 is 5.97 Å². The van der Waals surface area contributed by atoms with Crippen LogP contribution in [0, 0.1) is 5.41 Å². The molecule has 0 spiro atoms. The van der Waals surface area contributed by atoms with E-state index in [1.54, 1.807) is 0 Å². The van der Waals surface area contributed by atoms with Crippen molar-refractivity contribution in [2.45, 2.75) is 20.0 Å². The van der Waals surface area contributed by atoms with Crippen LogP contribution in [0.1, 0.15) is 13.8 Å². The largest absolute Gasteiger partial charge is 0.478 e. The summed E-state index contributed by atoms with van der Waals surface area (Å²) in [5, 5.41) is 18.0. The van der Waals surface area contributed by atoms with Crippen LogP contribution >= 0.6 is 0 Å². The lowest BCUT2D eigenvalue weighted by atomic mass is 9.90. The molecule has 2 N–H and O–H groups in total. The molecule has 0 bridgehead atoms. The number of aliphatic hydroxyl groups excluding tert-OH is 1. The summed E-state index contributed by atoms with van der Waals surface area (Å²) in [5.41, 5.74) is -0.150. The second-order valence-corrected chi connectivity index (χ2v) is 4.09. The van der Waals surface area contributed by atoms with Crippen molar-refractivity contribution in [3.05, 3.63) is 12.3 Å². The van der Waals surface area contributed by atoms with Gasteiger partial charge in [-0.2, -0.15) is 0 Å². The van der Waals surface area contributed by atoms with E-state index in [0.29, 0.717) is 13.1 Å². The van der Waals surface area contributed by atoms with Gasteiger partial charge in [-0.15, -0.1) is 0 Å². The van der Waals surface area contributed by atoms with E-state index in [1.807, 2.05) is 18.7 Å². The Hall–Kier alpha value is -1.03. The minimum atomic E-state index is -0.959. The highest BCUT2D eigenvalue weighted by Gasteiger charge is 2.36. The molecule has 0 saturated carbocycles. The van der Waals surface area contributed by atoms with Crippen molar-refractivity contribution in [2.24, 2.45) is 5.41 Å². The highest BCUT2D eigenvalue weighted by atomic mass is 16.4. The fraction of sp³-hybridized carbons (Fsp3) is 0.667. The summed E-state index contributed by atoms with van der Waals surface area (Å²) in [6.07, 6.45) is 2.22. The first-order valence-corrected chi connectivity index (χ1v) is 4.25. The summed E-state index contributed by atoms with van der Waals surface area (Å²) in [6.45, 7) is 5.13. The Labute approximate surface area is 77.5 Å². The molecule has 74 valence electrons. The number of carbonyl (C=O) groups is 1. The van der Waals surface area contributed by atoms with E-state index in [9.17, 15) is 9.90 Å². The van der Waals surface area contributed by atoms with Gasteiger partial charge in [0.1, 0.15) is 0 Å². The van der Waals surface area contributed by atoms with Gasteiger partial charge in [-0.05, 0) is 0 Å². The molecule has 1 unspecified atom stereocenters. The smallest absolute Gasteiger partial charge is 0.329 e. The first kappa shape index (κ1) is 10.1. The topological polar surface area (TPSA) is 60.8 Å². The number of rotatable bonds is 2. The molecule has 1 atom stereocenters. The van der Waals surface area contributed by atoms with Crippen LogP contribution in [-0.4, -0.2) is 40.3 Å². The van der Waals surface area contributed by atoms with Crippen molar-refractivity contribution in [3.63, 3.8) is 0 Å². The van der Waals surface area contributed by atoms with Crippen LogP contribution in [-0.2, 0) is 4.79 Å². The Morgan fingerprint density at radius 2 is 2.23 bits per heavy atom. The predicted octanol–water partition coefficient (Wildman–Crippen LogP) is 0.287. The summed E-state index contributed by atoms with van der Waals surface area (Å²) in [6, 6.07) is 0. The maximum atomic E-state index is 10.2. The Morgan fingerprint density at radius 1 is 1.62 bits per heavy atom. The maximum Gasteiger partial charge on any atom is 0.329 e. The fourth-order valence-electron chi connectivity index (χ4n) is 1.45. The van der Waals surface area contributed by atoms with Gasteiger partial charge in [0.05, 0.1) is 6.10 Å². The van der Waals surface area contributed by atoms with Crippen molar-refractivity contribution < 1.29 is 15.0 Å². The standard InChI is InChI=1S/C9H15NO3/c1-9(2)6-10(5-7(9)11)4-3-8(12)13/h3-4,7,11H,5-6H2,1-2H3,(H,12,13)/b4-3+. The zero-order chi connectivity index (χ0) is 10.1. The van der Waals surface area contributed by atoms with Crippen LogP contribution in [0.15, 0.2) is 12.3 Å². The highest BCUT2D eigenvalue weighted by molar-refractivity contribution is 5.79. The quantitative estimate of drug-likeness (QED) is 0.607. The summed E-state index contributed by atoms with van der Waals surface area (Å²) in [5.74, 6) is -0.959. The van der Waals surface area contributed by atoms with Gasteiger partial charge in [0.2, 0.25) is 0 Å². The van der Waals surface area contributed by atoms with Crippen LogP contribution in [0.4, 0.5) is 0 Å². The van der Waals surface area contributed by atoms with E-state index in [4.69, 9.17) is 5.11 Å². The van der Waals surface area contributed by atoms with Gasteiger partial charge in [-0.3, -0.25) is 0 Å². The molecule has 1 aliphatic rings. The van der Waals surface area contributed by atoms with Crippen LogP contribution in [0.3, 0.4) is 0 Å². The average molecular weight is 185 g/mol. The fourth-order valence-corrected chi connectivity index (χ4v) is 1.45. The Bertz CT molecular complexity index is 235. The van der Waals surface area contributed by atoms with E-state index in [2.05, 4.69) is 0 Å². The first-order valence-electron chi connectivity index (χ1n) is 4.25. The second-order valence-electron chi connectivity index (χ2n) is 4.09. The molecule has 1 rings (SSSR count). The summed E-state index contributed by atoms with van der Waals surface area (Å²) < 4.78 is 0. The molecule has 0 aromatic carbocycles. The molecule has 13 heavy (non-hydrogen) atoms. The Balaban J connectivity index is 2.54. The molecule has 0 aromatic rings. The highest BCUT2D eigenvalue weighted by Crippen LogP contribution is 2.29. The van der Waals surface area contributed by atoms with E-state index in [0.717, 1.165) is 6.08 Å². The van der Waals surface area contributed by atoms with E-state index >= 15 is 0 Å². The lowest BCUT2D eigenvalue weighted by Crippen LogP contribution is -2.26. The lowest BCUT2D eigenvalue weighted by molar-refractivity contribution is -0.131. The van der Waals surface area contributed by atoms with Crippen LogP contribution in [0.5, 0.6) is 0 Å². The molecule has 0 radical (unpaired) electrons. The first-order chi connectivity index (χ1) is 5.92. The molecular weight excluding hydrogens is 170 g/mol. The predicted molar refractivity (Wildman–Crippen MR) is 48.1 cm³/mol. The molecule has 4 heteroatoms. The van der Waals surface area contributed by atoms with Crippen LogP contribution in [0.25, 0.3) is 0 Å². The van der Waals surface area contributed by atoms with Crippen molar-refractivity contribution in [1.29, 1.82) is 0 Å². The molecule has 4 nitrogen and oxygen atoms in total. The van der Waals surface area contributed by atoms with Gasteiger partial charge in [-0.25, -0.2) is 4.79 Å². The molecule has 1 heterocycles. The molecule has 0 amide bonds. The number of hydrogen-bond acceptors (Lipinski definition) is 3. The normalized spacial score (nSPS) is 27.0. The molecular formula is C9H15NO3. The molecule has 0 aromatic heterocycles. The van der Waals surface area contributed by atoms with Crippen molar-refractivity contribution >= 4 is 5.97 Å². The monoisotopic (exact) mass is 185 g/mol. The second kappa shape index (κ2) is 3.38. The third-order valence-corrected chi connectivity index (χ3v) is 2.35. The third-order valence-electron chi connectivity index (χ3n) is 2.35. The maximum absolute atomic E-state index is 10.2. The molecule has 1 saturated heterocycles. The zero-order valence-corrected chi connectivity index (χ0v) is 7.90. The van der Waals surface area contributed by atoms with Gasteiger partial charge in [0, 0.05) is 30.8 Å². The molecule has 0 aliphatic carbocycles. The average Bonchev–Trinajstić information content (AvgIpc) is 2.22. The minimum Gasteiger partial charge on any atom is -0.478 e. The number of aliphatic carboxylic acids is 1. The number of carboxylic acid groups (broad SMARTS) is 1. The van der Waals surface area contributed by atoms with Crippen molar-refractivity contribution in [2.75, 3.05) is 13.1 Å². The molecule has 1 fully saturated rings. The number of hydrogen-bond donors (Lipinski definition) is 2. The van der Waals surface area contributed by atoms with Gasteiger partial charge < -0.3 is 15.1 Å². The van der Waals surface area contributed by atoms with Gasteiger partial charge in [-0.1, -0.05) is 13.8 Å². The summed E-state index contributed by atoms with van der Waals surface area (Å²) in [4.78, 5) is 12.0. The lowest BCUT2D eigenvalue weighted by Gasteiger charge is -2.20. The Kier molecular flexibility index (Phi) is 2.61. The van der Waals surface area contributed by atoms with Crippen molar-refractivity contribution in [1.82, 2.24) is 4.90 Å². The number of nitrogens with zero attached hydrogens (tertiary/aromatic N) is 1. The number of likely N-dealkylation sites (tertiary alicyclic amines) is 1. The number of carboxylic acids is 1. The summed E-state index contributed by atoms with van der Waals surface area (Å²) in [7, 11) is 0. The minimum absolute atomic E-state index is 0.150. The van der Waals surface area contributed by atoms with Gasteiger partial charge >= 0.3 is 5.97 Å². The number of aliphatic hydroxyl groups is 1. The van der Waals surface area contributed by atoms with Crippen LogP contribution in [0.2, 0.25) is 0 Å². The number of β-amino-alcohol motifs (C(OH)–C–C–N with tert-alkyl or cyclic N) is 1. The zero-order valence-electron chi connectivity index (χ0n) is 7.90. The SMILES string of the molecule is CC1(C)CN(/C=C/C(=O)O)CC1O.